The molecule has 1 rings (SSSR count). The van der Waals surface area contributed by atoms with Gasteiger partial charge in [-0.2, -0.15) is 0 Å². The van der Waals surface area contributed by atoms with Crippen molar-refractivity contribution in [2.45, 2.75) is 40.0 Å². The number of carbonyl (C=O) groups excluding carboxylic acids is 3. The third-order valence-corrected chi connectivity index (χ3v) is 3.65. The predicted molar refractivity (Wildman–Crippen MR) is 91.8 cm³/mol. The van der Waals surface area contributed by atoms with E-state index < -0.39 is 5.97 Å². The molecule has 0 aliphatic heterocycles. The minimum Gasteiger partial charge on any atom is -0.427 e. The zero-order valence-corrected chi connectivity index (χ0v) is 14.6. The van der Waals surface area contributed by atoms with Crippen LogP contribution in [0.25, 0.3) is 0 Å². The van der Waals surface area contributed by atoms with Gasteiger partial charge in [0.25, 0.3) is 5.91 Å². The van der Waals surface area contributed by atoms with Crippen molar-refractivity contribution in [1.29, 1.82) is 0 Å². The van der Waals surface area contributed by atoms with Crippen LogP contribution in [0.2, 0.25) is 0 Å². The first-order chi connectivity index (χ1) is 11.5. The average Bonchev–Trinajstić information content (AvgIpc) is 2.55. The Bertz CT molecular complexity index is 568. The maximum Gasteiger partial charge on any atom is 0.308 e. The van der Waals surface area contributed by atoms with Crippen LogP contribution in [-0.2, 0) is 9.59 Å². The van der Waals surface area contributed by atoms with Crippen LogP contribution in [0, 0.1) is 5.92 Å². The third kappa shape index (κ3) is 6.81. The molecule has 0 unspecified atom stereocenters. The summed E-state index contributed by atoms with van der Waals surface area (Å²) < 4.78 is 4.95. The summed E-state index contributed by atoms with van der Waals surface area (Å²) in [6, 6.07) is 6.44. The Hall–Kier alpha value is -2.37. The topological polar surface area (TPSA) is 84.5 Å². The summed E-state index contributed by atoms with van der Waals surface area (Å²) in [5.74, 6) is -0.201. The number of hydrogen-bond acceptors (Lipinski definition) is 4. The Balaban J connectivity index is 2.34. The lowest BCUT2D eigenvalue weighted by Gasteiger charge is -2.12. The molecule has 0 fully saturated rings. The molecule has 0 atom stereocenters. The van der Waals surface area contributed by atoms with Crippen LogP contribution in [0.15, 0.2) is 24.3 Å². The molecule has 24 heavy (non-hydrogen) atoms. The maximum absolute atomic E-state index is 12.0. The highest BCUT2D eigenvalue weighted by atomic mass is 16.5. The second-order valence-electron chi connectivity index (χ2n) is 5.54. The molecule has 0 heterocycles. The predicted octanol–water partition coefficient (Wildman–Crippen LogP) is 2.28. The lowest BCUT2D eigenvalue weighted by molar-refractivity contribution is -0.132. The molecule has 1 aromatic carbocycles. The van der Waals surface area contributed by atoms with Gasteiger partial charge in [-0.05, 0) is 37.5 Å². The highest BCUT2D eigenvalue weighted by molar-refractivity contribution is 5.94. The van der Waals surface area contributed by atoms with Crippen LogP contribution in [0.3, 0.4) is 0 Å². The minimum absolute atomic E-state index is 0.0589. The molecule has 0 saturated heterocycles. The zero-order chi connectivity index (χ0) is 17.9. The Morgan fingerprint density at radius 1 is 1.08 bits per heavy atom. The fraction of sp³-hybridized carbons (Fsp3) is 0.500. The molecule has 0 bridgehead atoms. The number of ether oxygens (including phenoxy) is 1. The van der Waals surface area contributed by atoms with Crippen molar-refractivity contribution in [1.82, 2.24) is 10.6 Å². The number of benzene rings is 1. The number of hydrogen-bond donors (Lipinski definition) is 2. The largest absolute Gasteiger partial charge is 0.427 e. The summed E-state index contributed by atoms with van der Waals surface area (Å²) >= 11 is 0. The van der Waals surface area contributed by atoms with Crippen LogP contribution in [0.1, 0.15) is 50.4 Å². The molecule has 0 saturated carbocycles. The molecule has 0 aliphatic carbocycles. The number of rotatable bonds is 9. The van der Waals surface area contributed by atoms with E-state index in [1.165, 1.54) is 13.0 Å². The van der Waals surface area contributed by atoms with Gasteiger partial charge in [-0.1, -0.05) is 19.9 Å². The third-order valence-electron chi connectivity index (χ3n) is 3.65. The van der Waals surface area contributed by atoms with E-state index in [0.29, 0.717) is 30.8 Å². The summed E-state index contributed by atoms with van der Waals surface area (Å²) in [5, 5.41) is 5.66. The molecule has 132 valence electrons. The summed E-state index contributed by atoms with van der Waals surface area (Å²) in [6.07, 6.45) is 2.32. The van der Waals surface area contributed by atoms with Crippen LogP contribution >= 0.6 is 0 Å². The lowest BCUT2D eigenvalue weighted by Crippen LogP contribution is -2.33. The average molecular weight is 334 g/mol. The number of carbonyl (C=O) groups is 3. The minimum atomic E-state index is -0.430. The van der Waals surface area contributed by atoms with E-state index in [0.717, 1.165) is 12.8 Å². The van der Waals surface area contributed by atoms with E-state index in [9.17, 15) is 14.4 Å². The highest BCUT2D eigenvalue weighted by Crippen LogP contribution is 2.13. The van der Waals surface area contributed by atoms with Crippen molar-refractivity contribution >= 4 is 17.8 Å². The van der Waals surface area contributed by atoms with Crippen molar-refractivity contribution in [2.75, 3.05) is 13.1 Å². The van der Waals surface area contributed by atoms with Crippen LogP contribution < -0.4 is 15.4 Å². The summed E-state index contributed by atoms with van der Waals surface area (Å²) in [6.45, 7) is 6.29. The molecule has 6 nitrogen and oxygen atoms in total. The molecule has 0 spiro atoms. The van der Waals surface area contributed by atoms with Gasteiger partial charge in [-0.25, -0.2) is 0 Å². The van der Waals surface area contributed by atoms with E-state index >= 15 is 0 Å². The SMILES string of the molecule is CCC(CC)C(=O)NCCCNC(=O)c1cccc(OC(C)=O)c1. The van der Waals surface area contributed by atoms with E-state index in [4.69, 9.17) is 4.74 Å². The van der Waals surface area contributed by atoms with Crippen molar-refractivity contribution in [3.63, 3.8) is 0 Å². The van der Waals surface area contributed by atoms with Gasteiger partial charge in [0.1, 0.15) is 5.75 Å². The number of esters is 1. The fourth-order valence-electron chi connectivity index (χ4n) is 2.27. The molecule has 0 aromatic heterocycles. The molecule has 2 amide bonds. The van der Waals surface area contributed by atoms with Gasteiger partial charge in [0.2, 0.25) is 5.91 Å². The fourth-order valence-corrected chi connectivity index (χ4v) is 2.27. The Kier molecular flexibility index (Phi) is 8.54. The van der Waals surface area contributed by atoms with Gasteiger partial charge < -0.3 is 15.4 Å². The van der Waals surface area contributed by atoms with Crippen molar-refractivity contribution in [2.24, 2.45) is 5.92 Å². The van der Waals surface area contributed by atoms with Crippen LogP contribution in [0.5, 0.6) is 5.75 Å². The maximum atomic E-state index is 12.0. The lowest BCUT2D eigenvalue weighted by atomic mass is 10.0. The Morgan fingerprint density at radius 2 is 1.75 bits per heavy atom. The van der Waals surface area contributed by atoms with E-state index in [2.05, 4.69) is 10.6 Å². The zero-order valence-electron chi connectivity index (χ0n) is 14.6. The van der Waals surface area contributed by atoms with E-state index in [1.54, 1.807) is 18.2 Å². The standard InChI is InChI=1S/C18H26N2O4/c1-4-14(5-2)17(22)19-10-7-11-20-18(23)15-8-6-9-16(12-15)24-13(3)21/h6,8-9,12,14H,4-5,7,10-11H2,1-3H3,(H,19,22)(H,20,23). The van der Waals surface area contributed by atoms with Crippen molar-refractivity contribution in [3.8, 4) is 5.75 Å². The van der Waals surface area contributed by atoms with Gasteiger partial charge >= 0.3 is 5.97 Å². The quantitative estimate of drug-likeness (QED) is 0.412. The molecule has 0 aliphatic rings. The van der Waals surface area contributed by atoms with Gasteiger partial charge in [0, 0.05) is 31.5 Å². The normalized spacial score (nSPS) is 10.3. The van der Waals surface area contributed by atoms with E-state index in [-0.39, 0.29) is 17.7 Å². The van der Waals surface area contributed by atoms with Gasteiger partial charge in [0.15, 0.2) is 0 Å². The smallest absolute Gasteiger partial charge is 0.308 e. The number of nitrogens with one attached hydrogen (secondary N) is 2. The van der Waals surface area contributed by atoms with Crippen LogP contribution in [-0.4, -0.2) is 30.9 Å². The van der Waals surface area contributed by atoms with Crippen LogP contribution in [0.4, 0.5) is 0 Å². The number of amides is 2. The second kappa shape index (κ2) is 10.4. The molecule has 6 heteroatoms. The molecule has 0 radical (unpaired) electrons. The summed E-state index contributed by atoms with van der Waals surface area (Å²) in [7, 11) is 0. The molecular weight excluding hydrogens is 308 g/mol. The van der Waals surface area contributed by atoms with Crippen molar-refractivity contribution < 1.29 is 19.1 Å². The monoisotopic (exact) mass is 334 g/mol. The highest BCUT2D eigenvalue weighted by Gasteiger charge is 2.13. The van der Waals surface area contributed by atoms with Gasteiger partial charge in [-0.15, -0.1) is 0 Å². The Labute approximate surface area is 143 Å². The van der Waals surface area contributed by atoms with E-state index in [1.807, 2.05) is 13.8 Å². The molecular formula is C18H26N2O4. The molecule has 1 aromatic rings. The van der Waals surface area contributed by atoms with Crippen molar-refractivity contribution in [3.05, 3.63) is 29.8 Å². The summed E-state index contributed by atoms with van der Waals surface area (Å²) in [4.78, 5) is 34.8. The molecule has 2 N–H and O–H groups in total. The first-order valence-electron chi connectivity index (χ1n) is 8.32. The second-order valence-corrected chi connectivity index (χ2v) is 5.54. The Morgan fingerprint density at radius 3 is 2.38 bits per heavy atom. The first-order valence-corrected chi connectivity index (χ1v) is 8.32. The van der Waals surface area contributed by atoms with Gasteiger partial charge in [0.05, 0.1) is 0 Å². The first kappa shape index (κ1) is 19.7. The van der Waals surface area contributed by atoms with Gasteiger partial charge in [-0.3, -0.25) is 14.4 Å². The summed E-state index contributed by atoms with van der Waals surface area (Å²) in [5.41, 5.74) is 0.426.